The van der Waals surface area contributed by atoms with Crippen LogP contribution in [0.3, 0.4) is 0 Å². The Hall–Kier alpha value is -2.65. The summed E-state index contributed by atoms with van der Waals surface area (Å²) >= 11 is 4.74. The number of amidine groups is 2. The summed E-state index contributed by atoms with van der Waals surface area (Å²) in [6.07, 6.45) is 3.20. The van der Waals surface area contributed by atoms with E-state index in [0.717, 1.165) is 15.7 Å². The monoisotopic (exact) mass is 443 g/mol. The summed E-state index contributed by atoms with van der Waals surface area (Å²) in [6, 6.07) is 9.27. The van der Waals surface area contributed by atoms with Crippen molar-refractivity contribution in [3.8, 4) is 0 Å². The molecule has 2 aliphatic heterocycles. The number of carbonyl (C=O) groups is 1. The molecule has 3 heterocycles. The first-order valence-electron chi connectivity index (χ1n) is 7.95. The SMILES string of the molecule is CN(C)c1ccc(C=C2C(=N)N3N=C(c4ccco4)SC3=NC2=O)cc1Br. The number of nitrogens with zero attached hydrogens (tertiary/aromatic N) is 4. The molecule has 2 aliphatic rings. The molecule has 1 aromatic heterocycles. The van der Waals surface area contributed by atoms with Crippen molar-refractivity contribution < 1.29 is 9.21 Å². The number of rotatable bonds is 3. The van der Waals surface area contributed by atoms with Crippen LogP contribution >= 0.6 is 27.7 Å². The van der Waals surface area contributed by atoms with Gasteiger partial charge in [0.25, 0.3) is 5.91 Å². The summed E-state index contributed by atoms with van der Waals surface area (Å²) in [5.74, 6) is 0.111. The van der Waals surface area contributed by atoms with E-state index in [9.17, 15) is 4.79 Å². The molecule has 9 heteroatoms. The van der Waals surface area contributed by atoms with E-state index in [0.29, 0.717) is 16.0 Å². The zero-order valence-electron chi connectivity index (χ0n) is 14.4. The van der Waals surface area contributed by atoms with Gasteiger partial charge in [0.15, 0.2) is 16.6 Å². The lowest BCUT2D eigenvalue weighted by Gasteiger charge is -2.20. The summed E-state index contributed by atoms with van der Waals surface area (Å²) < 4.78 is 6.24. The molecule has 0 aliphatic carbocycles. The maximum Gasteiger partial charge on any atom is 0.283 e. The number of hydrazone groups is 1. The summed E-state index contributed by atoms with van der Waals surface area (Å²) in [7, 11) is 3.91. The largest absolute Gasteiger partial charge is 0.462 e. The van der Waals surface area contributed by atoms with E-state index in [1.54, 1.807) is 24.5 Å². The third kappa shape index (κ3) is 3.24. The van der Waals surface area contributed by atoms with Crippen molar-refractivity contribution in [1.82, 2.24) is 5.01 Å². The minimum atomic E-state index is -0.456. The van der Waals surface area contributed by atoms with Crippen molar-refractivity contribution in [1.29, 1.82) is 5.41 Å². The van der Waals surface area contributed by atoms with Crippen LogP contribution < -0.4 is 4.90 Å². The van der Waals surface area contributed by atoms with Crippen LogP contribution in [0.4, 0.5) is 5.69 Å². The molecule has 2 aromatic rings. The van der Waals surface area contributed by atoms with E-state index in [1.165, 1.54) is 16.8 Å². The zero-order chi connectivity index (χ0) is 19.1. The highest BCUT2D eigenvalue weighted by atomic mass is 79.9. The Labute approximate surface area is 168 Å². The molecule has 0 spiro atoms. The lowest BCUT2D eigenvalue weighted by atomic mass is 10.1. The van der Waals surface area contributed by atoms with E-state index in [4.69, 9.17) is 9.83 Å². The maximum absolute atomic E-state index is 12.5. The lowest BCUT2D eigenvalue weighted by Crippen LogP contribution is -2.35. The highest BCUT2D eigenvalue weighted by Crippen LogP contribution is 2.32. The van der Waals surface area contributed by atoms with Crippen LogP contribution in [0.5, 0.6) is 0 Å². The number of nitrogens with one attached hydrogen (secondary N) is 1. The van der Waals surface area contributed by atoms with Gasteiger partial charge in [-0.1, -0.05) is 6.07 Å². The molecule has 0 fully saturated rings. The molecule has 4 rings (SSSR count). The van der Waals surface area contributed by atoms with Gasteiger partial charge < -0.3 is 9.32 Å². The maximum atomic E-state index is 12.5. The highest BCUT2D eigenvalue weighted by molar-refractivity contribution is 9.10. The minimum Gasteiger partial charge on any atom is -0.462 e. The number of halogens is 1. The number of thioether (sulfide) groups is 1. The van der Waals surface area contributed by atoms with Gasteiger partial charge in [-0.15, -0.1) is 0 Å². The number of fused-ring (bicyclic) bond motifs is 1. The average Bonchev–Trinajstić information content (AvgIpc) is 3.27. The van der Waals surface area contributed by atoms with E-state index in [1.807, 2.05) is 37.2 Å². The Morgan fingerprint density at radius 3 is 2.81 bits per heavy atom. The number of benzene rings is 1. The molecule has 1 aromatic carbocycles. The number of aliphatic imine (C=N–C) groups is 1. The van der Waals surface area contributed by atoms with Crippen LogP contribution in [0.1, 0.15) is 11.3 Å². The molecule has 136 valence electrons. The molecule has 0 atom stereocenters. The van der Waals surface area contributed by atoms with Crippen molar-refractivity contribution in [3.05, 3.63) is 58.0 Å². The Bertz CT molecular complexity index is 1040. The predicted octanol–water partition coefficient (Wildman–Crippen LogP) is 3.78. The van der Waals surface area contributed by atoms with Gasteiger partial charge in [0.1, 0.15) is 0 Å². The topological polar surface area (TPSA) is 85.3 Å². The fourth-order valence-corrected chi connectivity index (χ4v) is 4.24. The predicted molar refractivity (Wildman–Crippen MR) is 111 cm³/mol. The Morgan fingerprint density at radius 1 is 1.33 bits per heavy atom. The molecule has 0 unspecified atom stereocenters. The summed E-state index contributed by atoms with van der Waals surface area (Å²) in [4.78, 5) is 18.5. The molecule has 27 heavy (non-hydrogen) atoms. The first-order valence-corrected chi connectivity index (χ1v) is 9.56. The third-order valence-corrected chi connectivity index (χ3v) is 5.51. The molecule has 0 saturated heterocycles. The van der Waals surface area contributed by atoms with Gasteiger partial charge in [-0.3, -0.25) is 10.2 Å². The Morgan fingerprint density at radius 2 is 2.15 bits per heavy atom. The number of hydrogen-bond donors (Lipinski definition) is 1. The van der Waals surface area contributed by atoms with Crippen LogP contribution in [-0.4, -0.2) is 41.1 Å². The van der Waals surface area contributed by atoms with Crippen LogP contribution in [0.2, 0.25) is 0 Å². The third-order valence-electron chi connectivity index (χ3n) is 3.95. The van der Waals surface area contributed by atoms with Gasteiger partial charge in [-0.05, 0) is 63.6 Å². The summed E-state index contributed by atoms with van der Waals surface area (Å²) in [5.41, 5.74) is 2.00. The second-order valence-corrected chi connectivity index (χ2v) is 7.82. The minimum absolute atomic E-state index is 0.00753. The van der Waals surface area contributed by atoms with E-state index >= 15 is 0 Å². The molecular weight excluding hydrogens is 430 g/mol. The second kappa shape index (κ2) is 6.82. The number of carbonyl (C=O) groups excluding carboxylic acids is 1. The lowest BCUT2D eigenvalue weighted by molar-refractivity contribution is -0.114. The van der Waals surface area contributed by atoms with E-state index in [-0.39, 0.29) is 11.4 Å². The first kappa shape index (κ1) is 17.7. The summed E-state index contributed by atoms with van der Waals surface area (Å²) in [6.45, 7) is 0. The van der Waals surface area contributed by atoms with Crippen molar-refractivity contribution in [2.75, 3.05) is 19.0 Å². The zero-order valence-corrected chi connectivity index (χ0v) is 16.8. The van der Waals surface area contributed by atoms with Crippen LogP contribution in [0.15, 0.2) is 61.2 Å². The van der Waals surface area contributed by atoms with Crippen molar-refractivity contribution >= 4 is 61.4 Å². The van der Waals surface area contributed by atoms with Crippen molar-refractivity contribution in [2.24, 2.45) is 10.1 Å². The van der Waals surface area contributed by atoms with Gasteiger partial charge in [0.2, 0.25) is 5.17 Å². The molecule has 0 bridgehead atoms. The van der Waals surface area contributed by atoms with Gasteiger partial charge in [0, 0.05) is 18.6 Å². The van der Waals surface area contributed by atoms with Crippen LogP contribution in [-0.2, 0) is 4.79 Å². The molecule has 1 amide bonds. The molecule has 7 nitrogen and oxygen atoms in total. The second-order valence-electron chi connectivity index (χ2n) is 6.01. The quantitative estimate of drug-likeness (QED) is 0.729. The number of furan rings is 1. The van der Waals surface area contributed by atoms with E-state index in [2.05, 4.69) is 26.0 Å². The molecular formula is C18H14BrN5O2S. The van der Waals surface area contributed by atoms with Gasteiger partial charge >= 0.3 is 0 Å². The van der Waals surface area contributed by atoms with Crippen molar-refractivity contribution in [3.63, 3.8) is 0 Å². The highest BCUT2D eigenvalue weighted by Gasteiger charge is 2.36. The van der Waals surface area contributed by atoms with Crippen LogP contribution in [0.25, 0.3) is 6.08 Å². The fraction of sp³-hybridized carbons (Fsp3) is 0.111. The van der Waals surface area contributed by atoms with E-state index < -0.39 is 5.91 Å². The Kier molecular flexibility index (Phi) is 4.48. The normalized spacial score (nSPS) is 17.9. The molecule has 1 N–H and O–H groups in total. The standard InChI is InChI=1S/C18H14BrN5O2S/c1-23(2)13-6-5-10(9-12(13)19)8-11-15(20)24-18(21-16(11)25)27-17(22-24)14-4-3-7-26-14/h3-9,20H,1-2H3. The van der Waals surface area contributed by atoms with Gasteiger partial charge in [0.05, 0.1) is 17.5 Å². The van der Waals surface area contributed by atoms with Gasteiger partial charge in [-0.2, -0.15) is 15.1 Å². The summed E-state index contributed by atoms with van der Waals surface area (Å²) in [5, 5.41) is 15.1. The smallest absolute Gasteiger partial charge is 0.283 e. The van der Waals surface area contributed by atoms with Crippen molar-refractivity contribution in [2.45, 2.75) is 0 Å². The first-order chi connectivity index (χ1) is 12.9. The van der Waals surface area contributed by atoms with Crippen LogP contribution in [0, 0.1) is 5.41 Å². The van der Waals surface area contributed by atoms with Gasteiger partial charge in [-0.25, -0.2) is 0 Å². The Balaban J connectivity index is 1.68. The average molecular weight is 444 g/mol. The molecule has 0 saturated carbocycles. The number of amides is 1. The number of hydrogen-bond acceptors (Lipinski definition) is 6. The number of anilines is 1. The molecule has 0 radical (unpaired) electrons. The fourth-order valence-electron chi connectivity index (χ4n) is 2.63.